The molecule has 4 nitrogen and oxygen atoms in total. The number of nitrogens with zero attached hydrogens (tertiary/aromatic N) is 1. The Hall–Kier alpha value is -1.39. The number of carbonyl (C=O) groups is 1. The molecule has 0 saturated carbocycles. The van der Waals surface area contributed by atoms with E-state index in [1.807, 2.05) is 51.1 Å². The second-order valence-corrected chi connectivity index (χ2v) is 5.81. The maximum absolute atomic E-state index is 12.3. The highest BCUT2D eigenvalue weighted by Gasteiger charge is 2.43. The standard InChI is InChI=1S/C16H23NO3/c1-10(2)13(18)15-16(19)17(4)11(3)14(20-15)12-8-6-5-7-9-12/h5-11,13-15,18H,1-4H3/t11-,13-,14+,15+/m0/s1. The lowest BCUT2D eigenvalue weighted by Gasteiger charge is -2.43. The number of carbonyl (C=O) groups excluding carboxylic acids is 1. The maximum Gasteiger partial charge on any atom is 0.254 e. The van der Waals surface area contributed by atoms with Crippen LogP contribution in [0.3, 0.4) is 0 Å². The van der Waals surface area contributed by atoms with E-state index in [-0.39, 0.29) is 24.0 Å². The van der Waals surface area contributed by atoms with Gasteiger partial charge in [0.05, 0.1) is 12.1 Å². The molecule has 0 spiro atoms. The van der Waals surface area contributed by atoms with E-state index >= 15 is 0 Å². The minimum absolute atomic E-state index is 0.0258. The fraction of sp³-hybridized carbons (Fsp3) is 0.562. The molecule has 1 N–H and O–H groups in total. The Balaban J connectivity index is 2.28. The largest absolute Gasteiger partial charge is 0.390 e. The zero-order chi connectivity index (χ0) is 14.9. The molecule has 110 valence electrons. The molecule has 2 rings (SSSR count). The number of benzene rings is 1. The van der Waals surface area contributed by atoms with Crippen molar-refractivity contribution in [3.63, 3.8) is 0 Å². The lowest BCUT2D eigenvalue weighted by molar-refractivity contribution is -0.185. The van der Waals surface area contributed by atoms with Gasteiger partial charge in [-0.3, -0.25) is 4.79 Å². The molecular formula is C16H23NO3. The molecular weight excluding hydrogens is 254 g/mol. The van der Waals surface area contributed by atoms with Crippen molar-refractivity contribution in [1.82, 2.24) is 4.90 Å². The average Bonchev–Trinajstić information content (AvgIpc) is 2.45. The number of aliphatic hydroxyl groups excluding tert-OH is 1. The van der Waals surface area contributed by atoms with Crippen molar-refractivity contribution < 1.29 is 14.6 Å². The Labute approximate surface area is 120 Å². The summed E-state index contributed by atoms with van der Waals surface area (Å²) in [6, 6.07) is 9.78. The smallest absolute Gasteiger partial charge is 0.254 e. The maximum atomic E-state index is 12.3. The highest BCUT2D eigenvalue weighted by atomic mass is 16.5. The topological polar surface area (TPSA) is 49.8 Å². The second-order valence-electron chi connectivity index (χ2n) is 5.81. The summed E-state index contributed by atoms with van der Waals surface area (Å²) in [6.45, 7) is 5.74. The van der Waals surface area contributed by atoms with Crippen LogP contribution >= 0.6 is 0 Å². The normalized spacial score (nSPS) is 28.8. The van der Waals surface area contributed by atoms with Crippen LogP contribution in [0.4, 0.5) is 0 Å². The number of amides is 1. The van der Waals surface area contributed by atoms with Crippen molar-refractivity contribution in [3.05, 3.63) is 35.9 Å². The lowest BCUT2D eigenvalue weighted by Crippen LogP contribution is -2.56. The molecule has 0 aliphatic carbocycles. The Kier molecular flexibility index (Phi) is 4.45. The van der Waals surface area contributed by atoms with Crippen LogP contribution < -0.4 is 0 Å². The second kappa shape index (κ2) is 5.94. The first-order chi connectivity index (χ1) is 9.43. The van der Waals surface area contributed by atoms with Gasteiger partial charge in [-0.15, -0.1) is 0 Å². The summed E-state index contributed by atoms with van der Waals surface area (Å²) in [5, 5.41) is 10.2. The third-order valence-electron chi connectivity index (χ3n) is 4.05. The Morgan fingerprint density at radius 3 is 2.40 bits per heavy atom. The summed E-state index contributed by atoms with van der Waals surface area (Å²) in [6.07, 6.45) is -1.79. The summed E-state index contributed by atoms with van der Waals surface area (Å²) in [5.41, 5.74) is 1.03. The monoisotopic (exact) mass is 277 g/mol. The molecule has 1 amide bonds. The SMILES string of the molecule is CC(C)[C@H](O)[C@H]1O[C@@H](c2ccccc2)[C@H](C)N(C)C1=O. The molecule has 1 aromatic rings. The van der Waals surface area contributed by atoms with E-state index in [9.17, 15) is 9.90 Å². The van der Waals surface area contributed by atoms with Crippen LogP contribution in [0, 0.1) is 5.92 Å². The van der Waals surface area contributed by atoms with Crippen molar-refractivity contribution in [3.8, 4) is 0 Å². The quantitative estimate of drug-likeness (QED) is 0.919. The van der Waals surface area contributed by atoms with E-state index < -0.39 is 12.2 Å². The van der Waals surface area contributed by atoms with Crippen molar-refractivity contribution in [2.24, 2.45) is 5.92 Å². The lowest BCUT2D eigenvalue weighted by atomic mass is 9.94. The number of aliphatic hydroxyl groups is 1. The van der Waals surface area contributed by atoms with Crippen molar-refractivity contribution >= 4 is 5.91 Å². The van der Waals surface area contributed by atoms with Gasteiger partial charge in [0.15, 0.2) is 6.10 Å². The van der Waals surface area contributed by atoms with Crippen LogP contribution in [0.2, 0.25) is 0 Å². The predicted molar refractivity (Wildman–Crippen MR) is 77.1 cm³/mol. The molecule has 1 aliphatic rings. The molecule has 4 heteroatoms. The van der Waals surface area contributed by atoms with Gasteiger partial charge in [-0.1, -0.05) is 44.2 Å². The first-order valence-corrected chi connectivity index (χ1v) is 7.08. The molecule has 1 heterocycles. The number of hydrogen-bond acceptors (Lipinski definition) is 3. The van der Waals surface area contributed by atoms with Crippen LogP contribution in [-0.4, -0.2) is 41.2 Å². The Morgan fingerprint density at radius 1 is 1.25 bits per heavy atom. The highest BCUT2D eigenvalue weighted by molar-refractivity contribution is 5.82. The van der Waals surface area contributed by atoms with Gasteiger partial charge in [0.1, 0.15) is 6.10 Å². The van der Waals surface area contributed by atoms with Crippen LogP contribution in [0.1, 0.15) is 32.4 Å². The van der Waals surface area contributed by atoms with Gasteiger partial charge in [0.25, 0.3) is 5.91 Å². The number of ether oxygens (including phenoxy) is 1. The Morgan fingerprint density at radius 2 is 1.85 bits per heavy atom. The number of likely N-dealkylation sites (N-methyl/N-ethyl adjacent to an activating group) is 1. The van der Waals surface area contributed by atoms with Crippen molar-refractivity contribution in [2.45, 2.75) is 45.1 Å². The molecule has 1 aliphatic heterocycles. The third kappa shape index (κ3) is 2.72. The van der Waals surface area contributed by atoms with E-state index in [0.29, 0.717) is 0 Å². The number of rotatable bonds is 3. The minimum Gasteiger partial charge on any atom is -0.390 e. The van der Waals surface area contributed by atoms with Gasteiger partial charge in [0.2, 0.25) is 0 Å². The zero-order valence-corrected chi connectivity index (χ0v) is 12.5. The van der Waals surface area contributed by atoms with Crippen LogP contribution in [0.25, 0.3) is 0 Å². The summed E-state index contributed by atoms with van der Waals surface area (Å²) in [5.74, 6) is -0.173. The predicted octanol–water partition coefficient (Wildman–Crippen LogP) is 1.99. The van der Waals surface area contributed by atoms with E-state index in [0.717, 1.165) is 5.56 Å². The molecule has 1 saturated heterocycles. The number of hydrogen-bond donors (Lipinski definition) is 1. The molecule has 1 fully saturated rings. The van der Waals surface area contributed by atoms with Crippen LogP contribution in [0.5, 0.6) is 0 Å². The molecule has 20 heavy (non-hydrogen) atoms. The summed E-state index contributed by atoms with van der Waals surface area (Å²) >= 11 is 0. The summed E-state index contributed by atoms with van der Waals surface area (Å²) in [7, 11) is 1.77. The fourth-order valence-electron chi connectivity index (χ4n) is 2.51. The third-order valence-corrected chi connectivity index (χ3v) is 4.05. The van der Waals surface area contributed by atoms with Crippen molar-refractivity contribution in [1.29, 1.82) is 0 Å². The molecule has 0 bridgehead atoms. The van der Waals surface area contributed by atoms with E-state index in [4.69, 9.17) is 4.74 Å². The van der Waals surface area contributed by atoms with E-state index in [1.165, 1.54) is 0 Å². The van der Waals surface area contributed by atoms with Crippen LogP contribution in [0.15, 0.2) is 30.3 Å². The summed E-state index contributed by atoms with van der Waals surface area (Å²) < 4.78 is 5.95. The van der Waals surface area contributed by atoms with Gasteiger partial charge in [-0.25, -0.2) is 0 Å². The molecule has 0 aromatic heterocycles. The van der Waals surface area contributed by atoms with Crippen molar-refractivity contribution in [2.75, 3.05) is 7.05 Å². The molecule has 4 atom stereocenters. The molecule has 1 aromatic carbocycles. The average molecular weight is 277 g/mol. The highest BCUT2D eigenvalue weighted by Crippen LogP contribution is 2.32. The number of morpholine rings is 1. The Bertz CT molecular complexity index is 460. The van der Waals surface area contributed by atoms with Gasteiger partial charge in [-0.05, 0) is 18.4 Å². The fourth-order valence-corrected chi connectivity index (χ4v) is 2.51. The van der Waals surface area contributed by atoms with Gasteiger partial charge in [0, 0.05) is 7.05 Å². The van der Waals surface area contributed by atoms with Gasteiger partial charge >= 0.3 is 0 Å². The molecule has 0 radical (unpaired) electrons. The molecule has 0 unspecified atom stereocenters. The summed E-state index contributed by atoms with van der Waals surface area (Å²) in [4.78, 5) is 14.0. The zero-order valence-electron chi connectivity index (χ0n) is 12.5. The van der Waals surface area contributed by atoms with Crippen LogP contribution in [-0.2, 0) is 9.53 Å². The van der Waals surface area contributed by atoms with E-state index in [2.05, 4.69) is 0 Å². The van der Waals surface area contributed by atoms with Gasteiger partial charge in [-0.2, -0.15) is 0 Å². The van der Waals surface area contributed by atoms with Gasteiger partial charge < -0.3 is 14.7 Å². The minimum atomic E-state index is -0.790. The first kappa shape index (κ1) is 15.0. The van der Waals surface area contributed by atoms with E-state index in [1.54, 1.807) is 11.9 Å². The first-order valence-electron chi connectivity index (χ1n) is 7.08.